The first-order valence-electron chi connectivity index (χ1n) is 6.49. The van der Waals surface area contributed by atoms with Crippen LogP contribution in [0.15, 0.2) is 0 Å². The summed E-state index contributed by atoms with van der Waals surface area (Å²) in [5.41, 5.74) is 0. The number of nitrogens with zero attached hydrogens (tertiary/aromatic N) is 3. The molecular formula is C12H22N4S. The maximum Gasteiger partial charge on any atom is 0.205 e. The largest absolute Gasteiger partial charge is 0.360 e. The van der Waals surface area contributed by atoms with E-state index in [1.165, 1.54) is 19.4 Å². The predicted octanol–water partition coefficient (Wildman–Crippen LogP) is 2.59. The maximum atomic E-state index is 4.25. The molecule has 0 saturated heterocycles. The normalized spacial score (nSPS) is 15.8. The molecule has 0 bridgehead atoms. The van der Waals surface area contributed by atoms with E-state index in [-0.39, 0.29) is 0 Å². The van der Waals surface area contributed by atoms with Gasteiger partial charge in [-0.3, -0.25) is 4.90 Å². The third kappa shape index (κ3) is 3.92. The second-order valence-electron chi connectivity index (χ2n) is 5.00. The summed E-state index contributed by atoms with van der Waals surface area (Å²) in [6, 6.07) is 0.585. The van der Waals surface area contributed by atoms with Crippen LogP contribution in [0, 0.1) is 5.92 Å². The molecule has 0 radical (unpaired) electrons. The van der Waals surface area contributed by atoms with Gasteiger partial charge in [-0.15, -0.1) is 10.2 Å². The Labute approximate surface area is 107 Å². The monoisotopic (exact) mass is 254 g/mol. The highest BCUT2D eigenvalue weighted by atomic mass is 32.1. The van der Waals surface area contributed by atoms with Crippen molar-refractivity contribution in [3.63, 3.8) is 0 Å². The Bertz CT molecular complexity index is 346. The van der Waals surface area contributed by atoms with Gasteiger partial charge in [0.15, 0.2) is 0 Å². The number of anilines is 1. The molecule has 0 aliphatic heterocycles. The molecule has 4 nitrogen and oxygen atoms in total. The standard InChI is InChI=1S/C12H22N4S/c1-4-13-12-15-14-11(17-12)8-16(9(2)3)7-10-5-6-10/h9-10H,4-8H2,1-3H3,(H,13,15). The van der Waals surface area contributed by atoms with E-state index in [0.717, 1.165) is 29.1 Å². The molecule has 1 aromatic heterocycles. The molecule has 0 amide bonds. The molecule has 5 heteroatoms. The maximum absolute atomic E-state index is 4.25. The zero-order valence-electron chi connectivity index (χ0n) is 10.9. The first-order valence-corrected chi connectivity index (χ1v) is 7.31. The molecule has 96 valence electrons. The summed E-state index contributed by atoms with van der Waals surface area (Å²) in [5.74, 6) is 0.929. The second kappa shape index (κ2) is 5.78. The van der Waals surface area contributed by atoms with Crippen LogP contribution in [0.5, 0.6) is 0 Å². The first kappa shape index (κ1) is 12.8. The average Bonchev–Trinajstić information content (AvgIpc) is 2.99. The van der Waals surface area contributed by atoms with Gasteiger partial charge in [-0.25, -0.2) is 0 Å². The Balaban J connectivity index is 1.90. The lowest BCUT2D eigenvalue weighted by Gasteiger charge is -2.24. The Kier molecular flexibility index (Phi) is 4.34. The molecule has 1 heterocycles. The number of nitrogens with one attached hydrogen (secondary N) is 1. The summed E-state index contributed by atoms with van der Waals surface area (Å²) < 4.78 is 0. The minimum atomic E-state index is 0.585. The van der Waals surface area contributed by atoms with Gasteiger partial charge in [0.1, 0.15) is 5.01 Å². The smallest absolute Gasteiger partial charge is 0.205 e. The van der Waals surface area contributed by atoms with E-state index in [2.05, 4.69) is 41.2 Å². The van der Waals surface area contributed by atoms with Gasteiger partial charge in [-0.05, 0) is 39.5 Å². The van der Waals surface area contributed by atoms with Crippen molar-refractivity contribution >= 4 is 16.5 Å². The second-order valence-corrected chi connectivity index (χ2v) is 6.06. The Morgan fingerprint density at radius 3 is 2.76 bits per heavy atom. The van der Waals surface area contributed by atoms with Gasteiger partial charge >= 0.3 is 0 Å². The van der Waals surface area contributed by atoms with Crippen LogP contribution < -0.4 is 5.32 Å². The molecule has 1 aliphatic rings. The van der Waals surface area contributed by atoms with E-state index in [1.807, 2.05) is 0 Å². The predicted molar refractivity (Wildman–Crippen MR) is 72.3 cm³/mol. The summed E-state index contributed by atoms with van der Waals surface area (Å²) in [4.78, 5) is 2.51. The molecule has 0 unspecified atom stereocenters. The molecule has 17 heavy (non-hydrogen) atoms. The molecule has 0 spiro atoms. The van der Waals surface area contributed by atoms with Crippen molar-refractivity contribution in [3.05, 3.63) is 5.01 Å². The SMILES string of the molecule is CCNc1nnc(CN(CC2CC2)C(C)C)s1. The van der Waals surface area contributed by atoms with Crippen LogP contribution in [0.25, 0.3) is 0 Å². The highest BCUT2D eigenvalue weighted by Crippen LogP contribution is 2.31. The number of hydrogen-bond donors (Lipinski definition) is 1. The van der Waals surface area contributed by atoms with Gasteiger partial charge < -0.3 is 5.32 Å². The van der Waals surface area contributed by atoms with Crippen LogP contribution in [-0.4, -0.2) is 34.2 Å². The Morgan fingerprint density at radius 2 is 2.18 bits per heavy atom. The molecule has 0 aromatic carbocycles. The van der Waals surface area contributed by atoms with Crippen molar-refractivity contribution in [3.8, 4) is 0 Å². The number of rotatable bonds is 7. The zero-order valence-corrected chi connectivity index (χ0v) is 11.8. The van der Waals surface area contributed by atoms with Crippen molar-refractivity contribution < 1.29 is 0 Å². The van der Waals surface area contributed by atoms with Gasteiger partial charge in [-0.2, -0.15) is 0 Å². The quantitative estimate of drug-likeness (QED) is 0.812. The van der Waals surface area contributed by atoms with Gasteiger partial charge in [0.05, 0.1) is 6.54 Å². The lowest BCUT2D eigenvalue weighted by Crippen LogP contribution is -2.32. The van der Waals surface area contributed by atoms with E-state index >= 15 is 0 Å². The number of hydrogen-bond acceptors (Lipinski definition) is 5. The van der Waals surface area contributed by atoms with Crippen LogP contribution in [0.4, 0.5) is 5.13 Å². The summed E-state index contributed by atoms with van der Waals surface area (Å²) in [6.07, 6.45) is 2.81. The van der Waals surface area contributed by atoms with E-state index in [0.29, 0.717) is 6.04 Å². The van der Waals surface area contributed by atoms with Crippen molar-refractivity contribution in [2.24, 2.45) is 5.92 Å². The Hall–Kier alpha value is -0.680. The summed E-state index contributed by atoms with van der Waals surface area (Å²) in [5, 5.41) is 13.7. The number of aromatic nitrogens is 2. The van der Waals surface area contributed by atoms with Crippen LogP contribution >= 0.6 is 11.3 Å². The van der Waals surface area contributed by atoms with Crippen molar-refractivity contribution in [2.75, 3.05) is 18.4 Å². The van der Waals surface area contributed by atoms with Crippen molar-refractivity contribution in [1.82, 2.24) is 15.1 Å². The average molecular weight is 254 g/mol. The fourth-order valence-electron chi connectivity index (χ4n) is 1.80. The zero-order chi connectivity index (χ0) is 12.3. The Morgan fingerprint density at radius 1 is 1.41 bits per heavy atom. The van der Waals surface area contributed by atoms with Gasteiger partial charge in [0.25, 0.3) is 0 Å². The summed E-state index contributed by atoms with van der Waals surface area (Å²) >= 11 is 1.68. The van der Waals surface area contributed by atoms with E-state index in [4.69, 9.17) is 0 Å². The third-order valence-corrected chi connectivity index (χ3v) is 3.92. The minimum Gasteiger partial charge on any atom is -0.360 e. The molecule has 0 atom stereocenters. The summed E-state index contributed by atoms with van der Waals surface area (Å²) in [6.45, 7) is 9.66. The lowest BCUT2D eigenvalue weighted by atomic mass is 10.3. The lowest BCUT2D eigenvalue weighted by molar-refractivity contribution is 0.203. The van der Waals surface area contributed by atoms with Crippen LogP contribution in [0.3, 0.4) is 0 Å². The molecule has 1 N–H and O–H groups in total. The molecule has 1 fully saturated rings. The molecular weight excluding hydrogens is 232 g/mol. The highest BCUT2D eigenvalue weighted by Gasteiger charge is 2.26. The highest BCUT2D eigenvalue weighted by molar-refractivity contribution is 7.15. The van der Waals surface area contributed by atoms with Crippen LogP contribution in [0.1, 0.15) is 38.6 Å². The van der Waals surface area contributed by atoms with Gasteiger partial charge in [-0.1, -0.05) is 11.3 Å². The van der Waals surface area contributed by atoms with Crippen molar-refractivity contribution in [2.45, 2.75) is 46.2 Å². The fourth-order valence-corrected chi connectivity index (χ4v) is 2.64. The molecule has 2 rings (SSSR count). The van der Waals surface area contributed by atoms with E-state index in [1.54, 1.807) is 11.3 Å². The third-order valence-electron chi connectivity index (χ3n) is 3.05. The van der Waals surface area contributed by atoms with Gasteiger partial charge in [0, 0.05) is 19.1 Å². The molecule has 1 aliphatic carbocycles. The molecule has 1 aromatic rings. The van der Waals surface area contributed by atoms with Crippen LogP contribution in [0.2, 0.25) is 0 Å². The summed E-state index contributed by atoms with van der Waals surface area (Å²) in [7, 11) is 0. The molecule has 1 saturated carbocycles. The van der Waals surface area contributed by atoms with E-state index < -0.39 is 0 Å². The first-order chi connectivity index (χ1) is 8.19. The van der Waals surface area contributed by atoms with Gasteiger partial charge in [0.2, 0.25) is 5.13 Å². The minimum absolute atomic E-state index is 0.585. The fraction of sp³-hybridized carbons (Fsp3) is 0.833. The van der Waals surface area contributed by atoms with Crippen LogP contribution in [-0.2, 0) is 6.54 Å². The van der Waals surface area contributed by atoms with Crippen molar-refractivity contribution in [1.29, 1.82) is 0 Å². The van der Waals surface area contributed by atoms with E-state index in [9.17, 15) is 0 Å². The topological polar surface area (TPSA) is 41.1 Å².